The summed E-state index contributed by atoms with van der Waals surface area (Å²) >= 11 is 1.30. The molecule has 0 heterocycles. The second-order valence-electron chi connectivity index (χ2n) is 5.78. The number of aryl methyl sites for hydroxylation is 3. The van der Waals surface area contributed by atoms with Gasteiger partial charge in [-0.15, -0.1) is 11.8 Å². The van der Waals surface area contributed by atoms with Crippen LogP contribution in [-0.4, -0.2) is 23.3 Å². The first-order valence-corrected chi connectivity index (χ1v) is 8.91. The van der Waals surface area contributed by atoms with Gasteiger partial charge < -0.3 is 10.6 Å². The summed E-state index contributed by atoms with van der Waals surface area (Å²) in [5.41, 5.74) is 4.83. The smallest absolute Gasteiger partial charge is 0.234 e. The van der Waals surface area contributed by atoms with E-state index in [0.29, 0.717) is 0 Å². The van der Waals surface area contributed by atoms with Gasteiger partial charge in [0, 0.05) is 11.4 Å². The average Bonchev–Trinajstić information content (AvgIpc) is 2.48. The van der Waals surface area contributed by atoms with Gasteiger partial charge in [-0.05, 0) is 55.7 Å². The summed E-state index contributed by atoms with van der Waals surface area (Å²) in [5.74, 6) is 0.283. The van der Waals surface area contributed by atoms with Crippen LogP contribution in [0.1, 0.15) is 16.7 Å². The average molecular weight is 342 g/mol. The molecule has 0 aromatic heterocycles. The minimum absolute atomic E-state index is 0.103. The molecule has 5 heteroatoms. The van der Waals surface area contributed by atoms with E-state index in [1.807, 2.05) is 57.2 Å². The molecular formula is C19H22N2O2S. The topological polar surface area (TPSA) is 58.2 Å². The van der Waals surface area contributed by atoms with Crippen molar-refractivity contribution in [1.29, 1.82) is 0 Å². The lowest BCUT2D eigenvalue weighted by Gasteiger charge is -2.09. The van der Waals surface area contributed by atoms with Crippen molar-refractivity contribution in [1.82, 2.24) is 0 Å². The number of carbonyl (C=O) groups excluding carboxylic acids is 2. The monoisotopic (exact) mass is 342 g/mol. The Morgan fingerprint density at radius 2 is 1.46 bits per heavy atom. The first-order chi connectivity index (χ1) is 11.4. The normalized spacial score (nSPS) is 10.3. The number of hydrogen-bond acceptors (Lipinski definition) is 3. The molecule has 0 aliphatic rings. The summed E-state index contributed by atoms with van der Waals surface area (Å²) in [6.45, 7) is 5.93. The molecule has 0 bridgehead atoms. The van der Waals surface area contributed by atoms with Gasteiger partial charge in [0.15, 0.2) is 0 Å². The third-order valence-corrected chi connectivity index (χ3v) is 4.32. The third-order valence-electron chi connectivity index (χ3n) is 3.39. The van der Waals surface area contributed by atoms with Crippen LogP contribution in [0.2, 0.25) is 0 Å². The fraction of sp³-hybridized carbons (Fsp3) is 0.263. The third kappa shape index (κ3) is 5.74. The Labute approximate surface area is 147 Å². The zero-order valence-electron chi connectivity index (χ0n) is 14.2. The van der Waals surface area contributed by atoms with E-state index in [2.05, 4.69) is 16.7 Å². The van der Waals surface area contributed by atoms with Gasteiger partial charge in [0.2, 0.25) is 11.8 Å². The van der Waals surface area contributed by atoms with Crippen LogP contribution in [0, 0.1) is 20.8 Å². The molecule has 0 saturated carbocycles. The van der Waals surface area contributed by atoms with E-state index in [1.54, 1.807) is 0 Å². The van der Waals surface area contributed by atoms with Crippen LogP contribution >= 0.6 is 11.8 Å². The molecule has 0 spiro atoms. The zero-order chi connectivity index (χ0) is 17.5. The van der Waals surface area contributed by atoms with E-state index < -0.39 is 0 Å². The van der Waals surface area contributed by atoms with Gasteiger partial charge in [-0.2, -0.15) is 0 Å². The number of amides is 2. The Morgan fingerprint density at radius 3 is 2.08 bits per heavy atom. The van der Waals surface area contributed by atoms with Crippen LogP contribution in [0.4, 0.5) is 11.4 Å². The van der Waals surface area contributed by atoms with Crippen molar-refractivity contribution in [2.75, 3.05) is 22.1 Å². The van der Waals surface area contributed by atoms with Crippen LogP contribution in [0.25, 0.3) is 0 Å². The van der Waals surface area contributed by atoms with Crippen molar-refractivity contribution in [3.63, 3.8) is 0 Å². The Kier molecular flexibility index (Phi) is 6.44. The summed E-state index contributed by atoms with van der Waals surface area (Å²) in [6, 6.07) is 13.5. The number of nitrogens with one attached hydrogen (secondary N) is 2. The Hall–Kier alpha value is -2.27. The van der Waals surface area contributed by atoms with E-state index in [4.69, 9.17) is 0 Å². The van der Waals surface area contributed by atoms with Crippen molar-refractivity contribution < 1.29 is 9.59 Å². The number of benzene rings is 2. The molecule has 0 unspecified atom stereocenters. The summed E-state index contributed by atoms with van der Waals surface area (Å²) in [6.07, 6.45) is 0. The van der Waals surface area contributed by atoms with Gasteiger partial charge in [-0.25, -0.2) is 0 Å². The predicted molar refractivity (Wildman–Crippen MR) is 102 cm³/mol. The van der Waals surface area contributed by atoms with Crippen LogP contribution < -0.4 is 10.6 Å². The maximum atomic E-state index is 12.0. The predicted octanol–water partition coefficient (Wildman–Crippen LogP) is 3.92. The van der Waals surface area contributed by atoms with Crippen LogP contribution in [0.15, 0.2) is 42.5 Å². The molecule has 4 nitrogen and oxygen atoms in total. The molecule has 2 amide bonds. The molecule has 0 radical (unpaired) electrons. The van der Waals surface area contributed by atoms with Gasteiger partial charge >= 0.3 is 0 Å². The first-order valence-electron chi connectivity index (χ1n) is 7.75. The van der Waals surface area contributed by atoms with E-state index >= 15 is 0 Å². The Balaban J connectivity index is 1.76. The zero-order valence-corrected chi connectivity index (χ0v) is 15.0. The maximum Gasteiger partial charge on any atom is 0.234 e. The molecule has 2 rings (SSSR count). The lowest BCUT2D eigenvalue weighted by atomic mass is 10.1. The highest BCUT2D eigenvalue weighted by Crippen LogP contribution is 2.15. The second-order valence-corrected chi connectivity index (χ2v) is 6.77. The summed E-state index contributed by atoms with van der Waals surface area (Å²) in [4.78, 5) is 23.9. The summed E-state index contributed by atoms with van der Waals surface area (Å²) in [7, 11) is 0. The Bertz CT molecular complexity index is 724. The molecular weight excluding hydrogens is 320 g/mol. The number of rotatable bonds is 6. The Morgan fingerprint density at radius 1 is 0.875 bits per heavy atom. The molecule has 126 valence electrons. The second kappa shape index (κ2) is 8.55. The van der Waals surface area contributed by atoms with Gasteiger partial charge in [0.25, 0.3) is 0 Å². The number of hydrogen-bond donors (Lipinski definition) is 2. The van der Waals surface area contributed by atoms with Gasteiger partial charge in [-0.1, -0.05) is 24.3 Å². The van der Waals surface area contributed by atoms with Crippen molar-refractivity contribution >= 4 is 35.0 Å². The molecule has 2 aromatic rings. The lowest BCUT2D eigenvalue weighted by Crippen LogP contribution is -2.18. The maximum absolute atomic E-state index is 12.0. The van der Waals surface area contributed by atoms with Crippen LogP contribution in [-0.2, 0) is 9.59 Å². The number of anilines is 2. The van der Waals surface area contributed by atoms with E-state index in [0.717, 1.165) is 28.1 Å². The van der Waals surface area contributed by atoms with Crippen LogP contribution in [0.5, 0.6) is 0 Å². The highest BCUT2D eigenvalue weighted by atomic mass is 32.2. The highest BCUT2D eigenvalue weighted by Gasteiger charge is 2.08. The SMILES string of the molecule is Cc1cc(C)cc(NC(=O)CSCC(=O)Nc2ccccc2C)c1. The van der Waals surface area contributed by atoms with Crippen molar-refractivity contribution in [3.8, 4) is 0 Å². The minimum Gasteiger partial charge on any atom is -0.325 e. The minimum atomic E-state index is -0.103. The number of para-hydroxylation sites is 1. The summed E-state index contributed by atoms with van der Waals surface area (Å²) < 4.78 is 0. The van der Waals surface area contributed by atoms with Crippen molar-refractivity contribution in [2.24, 2.45) is 0 Å². The van der Waals surface area contributed by atoms with Gasteiger partial charge in [0.05, 0.1) is 11.5 Å². The fourth-order valence-electron chi connectivity index (χ4n) is 2.38. The molecule has 0 atom stereocenters. The molecule has 24 heavy (non-hydrogen) atoms. The van der Waals surface area contributed by atoms with Crippen molar-refractivity contribution in [3.05, 3.63) is 59.2 Å². The van der Waals surface area contributed by atoms with Gasteiger partial charge in [0.1, 0.15) is 0 Å². The van der Waals surface area contributed by atoms with Crippen molar-refractivity contribution in [2.45, 2.75) is 20.8 Å². The number of thioether (sulfide) groups is 1. The quantitative estimate of drug-likeness (QED) is 0.836. The standard InChI is InChI=1S/C19H22N2O2S/c1-13-8-14(2)10-16(9-13)20-18(22)11-24-12-19(23)21-17-7-5-4-6-15(17)3/h4-10H,11-12H2,1-3H3,(H,20,22)(H,21,23). The fourth-order valence-corrected chi connectivity index (χ4v) is 3.00. The van der Waals surface area contributed by atoms with E-state index in [1.165, 1.54) is 11.8 Å². The molecule has 2 N–H and O–H groups in total. The van der Waals surface area contributed by atoms with Crippen LogP contribution in [0.3, 0.4) is 0 Å². The van der Waals surface area contributed by atoms with Gasteiger partial charge in [-0.3, -0.25) is 9.59 Å². The first kappa shape index (κ1) is 18.1. The molecule has 0 aliphatic heterocycles. The summed E-state index contributed by atoms with van der Waals surface area (Å²) in [5, 5.41) is 5.72. The molecule has 2 aromatic carbocycles. The largest absolute Gasteiger partial charge is 0.325 e. The highest BCUT2D eigenvalue weighted by molar-refractivity contribution is 8.00. The molecule has 0 aliphatic carbocycles. The number of carbonyl (C=O) groups is 2. The molecule has 0 saturated heterocycles. The van der Waals surface area contributed by atoms with E-state index in [-0.39, 0.29) is 23.3 Å². The molecule has 0 fully saturated rings. The van der Waals surface area contributed by atoms with E-state index in [9.17, 15) is 9.59 Å². The lowest BCUT2D eigenvalue weighted by molar-refractivity contribution is -0.114.